The Morgan fingerprint density at radius 1 is 1.03 bits per heavy atom. The minimum absolute atomic E-state index is 0.0675. The van der Waals surface area contributed by atoms with Crippen LogP contribution in [0.15, 0.2) is 66.7 Å². The van der Waals surface area contributed by atoms with E-state index in [0.29, 0.717) is 16.6 Å². The van der Waals surface area contributed by atoms with Gasteiger partial charge < -0.3 is 10.4 Å². The first-order valence-electron chi connectivity index (χ1n) is 9.43. The van der Waals surface area contributed by atoms with Gasteiger partial charge in [0.1, 0.15) is 5.52 Å². The fraction of sp³-hybridized carbons (Fsp3) is 0.130. The van der Waals surface area contributed by atoms with Crippen LogP contribution < -0.4 is 5.32 Å². The lowest BCUT2D eigenvalue weighted by Crippen LogP contribution is -2.05. The first kappa shape index (κ1) is 20.5. The number of nitrogens with zero attached hydrogens (tertiary/aromatic N) is 2. The number of aliphatic carboxylic acids is 1. The third kappa shape index (κ3) is 4.23. The molecule has 0 aliphatic rings. The summed E-state index contributed by atoms with van der Waals surface area (Å²) >= 11 is 0. The van der Waals surface area contributed by atoms with Crippen LogP contribution in [0.3, 0.4) is 0 Å². The van der Waals surface area contributed by atoms with Gasteiger partial charge in [0.15, 0.2) is 0 Å². The highest BCUT2D eigenvalue weighted by Gasteiger charge is 2.34. The summed E-state index contributed by atoms with van der Waals surface area (Å²) in [5.41, 5.74) is 2.67. The summed E-state index contributed by atoms with van der Waals surface area (Å²) in [5.74, 6) is -0.904. The maximum Gasteiger partial charge on any atom is 0.418 e. The van der Waals surface area contributed by atoms with Crippen molar-refractivity contribution in [3.63, 3.8) is 0 Å². The van der Waals surface area contributed by atoms with Crippen molar-refractivity contribution in [3.8, 4) is 11.3 Å². The molecular formula is C23H18F3N3O2. The monoisotopic (exact) mass is 425 g/mol. The van der Waals surface area contributed by atoms with E-state index in [1.807, 2.05) is 18.2 Å². The van der Waals surface area contributed by atoms with E-state index >= 15 is 0 Å². The van der Waals surface area contributed by atoms with Crippen LogP contribution in [-0.2, 0) is 24.4 Å². The van der Waals surface area contributed by atoms with Crippen molar-refractivity contribution in [1.82, 2.24) is 9.78 Å². The molecule has 0 bridgehead atoms. The quantitative estimate of drug-likeness (QED) is 0.435. The van der Waals surface area contributed by atoms with E-state index in [4.69, 9.17) is 5.11 Å². The maximum absolute atomic E-state index is 13.3. The summed E-state index contributed by atoms with van der Waals surface area (Å²) < 4.78 is 41.4. The number of carboxylic acids is 1. The van der Waals surface area contributed by atoms with Gasteiger partial charge >= 0.3 is 12.1 Å². The van der Waals surface area contributed by atoms with Crippen LogP contribution in [0.25, 0.3) is 22.2 Å². The molecule has 1 heterocycles. The molecule has 5 nitrogen and oxygen atoms in total. The Kier molecular flexibility index (Phi) is 5.14. The van der Waals surface area contributed by atoms with Crippen LogP contribution in [-0.4, -0.2) is 20.9 Å². The number of fused-ring (bicyclic) bond motifs is 1. The molecule has 0 unspecified atom stereocenters. The number of alkyl halides is 3. The third-order valence-corrected chi connectivity index (χ3v) is 4.90. The number of carboxylic acid groups (broad SMARTS) is 1. The number of aryl methyl sites for hydroxylation is 1. The summed E-state index contributed by atoms with van der Waals surface area (Å²) in [6.07, 6.45) is -4.55. The molecular weight excluding hydrogens is 407 g/mol. The lowest BCUT2D eigenvalue weighted by molar-refractivity contribution is -0.137. The van der Waals surface area contributed by atoms with Gasteiger partial charge in [-0.05, 0) is 35.9 Å². The van der Waals surface area contributed by atoms with Crippen molar-refractivity contribution in [3.05, 3.63) is 77.9 Å². The molecule has 4 rings (SSSR count). The zero-order valence-electron chi connectivity index (χ0n) is 16.4. The van der Waals surface area contributed by atoms with Crippen LogP contribution in [0.1, 0.15) is 11.1 Å². The molecule has 0 amide bonds. The highest BCUT2D eigenvalue weighted by Crippen LogP contribution is 2.37. The van der Waals surface area contributed by atoms with Crippen molar-refractivity contribution in [2.24, 2.45) is 7.05 Å². The average molecular weight is 425 g/mol. The molecule has 2 N–H and O–H groups in total. The molecule has 1 aromatic heterocycles. The summed E-state index contributed by atoms with van der Waals surface area (Å²) in [6, 6.07) is 18.4. The molecule has 4 aromatic rings. The molecule has 3 aromatic carbocycles. The molecule has 31 heavy (non-hydrogen) atoms. The Labute approximate surface area is 175 Å². The van der Waals surface area contributed by atoms with Crippen molar-refractivity contribution in [2.75, 3.05) is 5.32 Å². The maximum atomic E-state index is 13.3. The van der Waals surface area contributed by atoms with E-state index in [1.165, 1.54) is 10.7 Å². The van der Waals surface area contributed by atoms with Crippen molar-refractivity contribution in [1.29, 1.82) is 0 Å². The largest absolute Gasteiger partial charge is 0.481 e. The fourth-order valence-corrected chi connectivity index (χ4v) is 3.60. The van der Waals surface area contributed by atoms with Crippen LogP contribution in [0, 0.1) is 0 Å². The van der Waals surface area contributed by atoms with Gasteiger partial charge in [0.05, 0.1) is 17.7 Å². The van der Waals surface area contributed by atoms with Crippen LogP contribution in [0.4, 0.5) is 24.5 Å². The van der Waals surface area contributed by atoms with E-state index in [2.05, 4.69) is 10.4 Å². The standard InChI is InChI=1S/C23H18F3N3O2/c1-29-22(18-6-3-7-19(21(18)28-29)23(24,25)26)15-8-10-16(11-9-15)27-17-5-2-4-14(12-17)13-20(30)31/h2-12,27H,13H2,1H3,(H,30,31). The van der Waals surface area contributed by atoms with Crippen molar-refractivity contribution >= 4 is 28.2 Å². The molecule has 158 valence electrons. The fourth-order valence-electron chi connectivity index (χ4n) is 3.60. The van der Waals surface area contributed by atoms with Crippen LogP contribution in [0.2, 0.25) is 0 Å². The molecule has 0 aliphatic carbocycles. The van der Waals surface area contributed by atoms with Crippen molar-refractivity contribution in [2.45, 2.75) is 12.6 Å². The first-order valence-corrected chi connectivity index (χ1v) is 9.43. The number of halogens is 3. The lowest BCUT2D eigenvalue weighted by atomic mass is 10.0. The zero-order valence-corrected chi connectivity index (χ0v) is 16.4. The number of benzene rings is 3. The molecule has 0 fully saturated rings. The minimum Gasteiger partial charge on any atom is -0.481 e. The van der Waals surface area contributed by atoms with Crippen molar-refractivity contribution < 1.29 is 23.1 Å². The Morgan fingerprint density at radius 2 is 1.74 bits per heavy atom. The number of nitrogens with one attached hydrogen (secondary N) is 1. The van der Waals surface area contributed by atoms with Gasteiger partial charge in [0, 0.05) is 29.4 Å². The SMILES string of the molecule is Cn1nc2c(C(F)(F)F)cccc2c1-c1ccc(Nc2cccc(CC(=O)O)c2)cc1. The lowest BCUT2D eigenvalue weighted by Gasteiger charge is -2.10. The van der Waals surface area contributed by atoms with Gasteiger partial charge in [-0.15, -0.1) is 0 Å². The molecule has 0 saturated carbocycles. The van der Waals surface area contributed by atoms with Gasteiger partial charge in [-0.1, -0.05) is 36.4 Å². The summed E-state index contributed by atoms with van der Waals surface area (Å²) in [7, 11) is 1.62. The second kappa shape index (κ2) is 7.79. The summed E-state index contributed by atoms with van der Waals surface area (Å²) in [5, 5.41) is 16.7. The van der Waals surface area contributed by atoms with Crippen LogP contribution >= 0.6 is 0 Å². The Bertz CT molecular complexity index is 1260. The van der Waals surface area contributed by atoms with E-state index < -0.39 is 17.7 Å². The number of carbonyl (C=O) groups is 1. The Morgan fingerprint density at radius 3 is 2.42 bits per heavy atom. The second-order valence-electron chi connectivity index (χ2n) is 7.14. The average Bonchev–Trinajstić information content (AvgIpc) is 3.03. The Hall–Kier alpha value is -3.81. The summed E-state index contributed by atoms with van der Waals surface area (Å²) in [6.45, 7) is 0. The van der Waals surface area contributed by atoms with Gasteiger partial charge in [0.2, 0.25) is 0 Å². The van der Waals surface area contributed by atoms with E-state index in [9.17, 15) is 18.0 Å². The Balaban J connectivity index is 1.64. The molecule has 0 atom stereocenters. The third-order valence-electron chi connectivity index (χ3n) is 4.90. The topological polar surface area (TPSA) is 67.2 Å². The first-order chi connectivity index (χ1) is 14.7. The normalized spacial score (nSPS) is 11.6. The van der Waals surface area contributed by atoms with Gasteiger partial charge in [-0.25, -0.2) is 0 Å². The van der Waals surface area contributed by atoms with E-state index in [1.54, 1.807) is 43.4 Å². The number of hydrogen-bond donors (Lipinski definition) is 2. The molecule has 0 aliphatic heterocycles. The number of rotatable bonds is 5. The van der Waals surface area contributed by atoms with Gasteiger partial charge in [-0.2, -0.15) is 18.3 Å². The van der Waals surface area contributed by atoms with Gasteiger partial charge in [-0.3, -0.25) is 9.48 Å². The zero-order chi connectivity index (χ0) is 22.2. The highest BCUT2D eigenvalue weighted by atomic mass is 19.4. The predicted octanol–water partition coefficient (Wildman–Crippen LogP) is 5.63. The second-order valence-corrected chi connectivity index (χ2v) is 7.14. The molecule has 0 spiro atoms. The van der Waals surface area contributed by atoms with Gasteiger partial charge in [0.25, 0.3) is 0 Å². The molecule has 0 saturated heterocycles. The van der Waals surface area contributed by atoms with Crippen LogP contribution in [0.5, 0.6) is 0 Å². The summed E-state index contributed by atoms with van der Waals surface area (Å²) in [4.78, 5) is 10.9. The highest BCUT2D eigenvalue weighted by molar-refractivity contribution is 5.95. The molecule has 8 heteroatoms. The number of aromatic nitrogens is 2. The smallest absolute Gasteiger partial charge is 0.418 e. The predicted molar refractivity (Wildman–Crippen MR) is 112 cm³/mol. The minimum atomic E-state index is -4.48. The molecule has 0 radical (unpaired) electrons. The number of hydrogen-bond acceptors (Lipinski definition) is 3. The van der Waals surface area contributed by atoms with E-state index in [-0.39, 0.29) is 11.9 Å². The van der Waals surface area contributed by atoms with E-state index in [0.717, 1.165) is 23.0 Å². The number of anilines is 2.